The molecule has 4 heteroatoms. The summed E-state index contributed by atoms with van der Waals surface area (Å²) in [5, 5.41) is 0. The first-order valence-electron chi connectivity index (χ1n) is 7.80. The molecule has 4 nitrogen and oxygen atoms in total. The van der Waals surface area contributed by atoms with E-state index in [1.165, 1.54) is 0 Å². The van der Waals surface area contributed by atoms with Gasteiger partial charge in [-0.3, -0.25) is 4.79 Å². The zero-order valence-corrected chi connectivity index (χ0v) is 13.5. The van der Waals surface area contributed by atoms with Crippen molar-refractivity contribution in [2.45, 2.75) is 12.5 Å². The number of carbonyl (C=O) groups is 1. The summed E-state index contributed by atoms with van der Waals surface area (Å²) in [4.78, 5) is 14.4. The lowest BCUT2D eigenvalue weighted by molar-refractivity contribution is 0.0849. The predicted molar refractivity (Wildman–Crippen MR) is 89.2 cm³/mol. The van der Waals surface area contributed by atoms with Gasteiger partial charge in [-0.1, -0.05) is 24.3 Å². The number of hydrogen-bond donors (Lipinski definition) is 0. The third kappa shape index (κ3) is 3.71. The quantitative estimate of drug-likeness (QED) is 0.849. The number of carbonyl (C=O) groups excluding carboxylic acids is 1. The van der Waals surface area contributed by atoms with E-state index < -0.39 is 0 Å². The van der Waals surface area contributed by atoms with Gasteiger partial charge in [-0.05, 0) is 43.9 Å². The number of Topliss-reactive ketones (excluding diaryl/α,β-unsaturated/α-hetero) is 1. The largest absolute Gasteiger partial charge is 0.492 e. The van der Waals surface area contributed by atoms with Crippen molar-refractivity contribution in [2.24, 2.45) is 0 Å². The van der Waals surface area contributed by atoms with Gasteiger partial charge in [0.15, 0.2) is 5.78 Å². The van der Waals surface area contributed by atoms with E-state index >= 15 is 0 Å². The van der Waals surface area contributed by atoms with Crippen LogP contribution in [0.2, 0.25) is 0 Å². The molecule has 0 aliphatic carbocycles. The van der Waals surface area contributed by atoms with E-state index in [0.29, 0.717) is 24.3 Å². The van der Waals surface area contributed by atoms with Crippen molar-refractivity contribution in [2.75, 3.05) is 27.2 Å². The lowest BCUT2D eigenvalue weighted by Crippen LogP contribution is -2.21. The molecule has 0 spiro atoms. The third-order valence-electron chi connectivity index (χ3n) is 3.86. The summed E-state index contributed by atoms with van der Waals surface area (Å²) in [6, 6.07) is 15.2. The molecule has 2 aromatic carbocycles. The van der Waals surface area contributed by atoms with Crippen LogP contribution in [-0.4, -0.2) is 37.9 Å². The molecule has 2 aromatic rings. The van der Waals surface area contributed by atoms with E-state index in [1.54, 1.807) is 0 Å². The van der Waals surface area contributed by atoms with Crippen molar-refractivity contribution < 1.29 is 14.3 Å². The molecule has 0 saturated heterocycles. The lowest BCUT2D eigenvalue weighted by Gasteiger charge is -2.25. The number of ketones is 1. The second-order valence-electron chi connectivity index (χ2n) is 5.95. The third-order valence-corrected chi connectivity index (χ3v) is 3.86. The number of ether oxygens (including phenoxy) is 2. The molecule has 120 valence electrons. The maximum absolute atomic E-state index is 12.3. The van der Waals surface area contributed by atoms with Gasteiger partial charge in [0.2, 0.25) is 0 Å². The molecule has 1 aliphatic rings. The highest BCUT2D eigenvalue weighted by Crippen LogP contribution is 2.35. The minimum absolute atomic E-state index is 0.121. The number of rotatable bonds is 5. The van der Waals surface area contributed by atoms with Crippen LogP contribution < -0.4 is 9.47 Å². The van der Waals surface area contributed by atoms with E-state index in [1.807, 2.05) is 62.6 Å². The highest BCUT2D eigenvalue weighted by Gasteiger charge is 2.27. The summed E-state index contributed by atoms with van der Waals surface area (Å²) in [6.45, 7) is 1.49. The maximum Gasteiger partial charge on any atom is 0.170 e. The van der Waals surface area contributed by atoms with Crippen molar-refractivity contribution in [3.05, 3.63) is 59.7 Å². The van der Waals surface area contributed by atoms with Gasteiger partial charge in [-0.25, -0.2) is 0 Å². The molecule has 1 aliphatic heterocycles. The van der Waals surface area contributed by atoms with Gasteiger partial charge in [-0.2, -0.15) is 0 Å². The number of para-hydroxylation sites is 1. The Morgan fingerprint density at radius 1 is 1.17 bits per heavy atom. The molecule has 0 amide bonds. The van der Waals surface area contributed by atoms with Crippen LogP contribution >= 0.6 is 0 Å². The van der Waals surface area contributed by atoms with Crippen LogP contribution in [-0.2, 0) is 0 Å². The number of likely N-dealkylation sites (N-methyl/N-ethyl adjacent to an activating group) is 1. The van der Waals surface area contributed by atoms with Crippen LogP contribution in [0.15, 0.2) is 48.5 Å². The molecular formula is C19H21NO3. The molecule has 1 atom stereocenters. The second kappa shape index (κ2) is 6.84. The first kappa shape index (κ1) is 15.6. The first-order valence-corrected chi connectivity index (χ1v) is 7.80. The van der Waals surface area contributed by atoms with Crippen LogP contribution in [0.25, 0.3) is 0 Å². The maximum atomic E-state index is 12.3. The van der Waals surface area contributed by atoms with Crippen LogP contribution in [0.1, 0.15) is 28.4 Å². The summed E-state index contributed by atoms with van der Waals surface area (Å²) in [5.41, 5.74) is 1.64. The number of fused-ring (bicyclic) bond motifs is 1. The van der Waals surface area contributed by atoms with Crippen LogP contribution in [0.4, 0.5) is 0 Å². The van der Waals surface area contributed by atoms with E-state index in [2.05, 4.69) is 4.90 Å². The predicted octanol–water partition coefficient (Wildman–Crippen LogP) is 3.33. The lowest BCUT2D eigenvalue weighted by atomic mass is 9.96. The topological polar surface area (TPSA) is 38.8 Å². The van der Waals surface area contributed by atoms with Gasteiger partial charge in [-0.15, -0.1) is 0 Å². The summed E-state index contributed by atoms with van der Waals surface area (Å²) in [5.74, 6) is 1.59. The highest BCUT2D eigenvalue weighted by molar-refractivity contribution is 5.99. The second-order valence-corrected chi connectivity index (χ2v) is 5.95. The Balaban J connectivity index is 1.74. The fourth-order valence-electron chi connectivity index (χ4n) is 2.61. The SMILES string of the molecule is CN(C)CCOc1cccc(C2CC(=O)c3ccccc3O2)c1. The highest BCUT2D eigenvalue weighted by atomic mass is 16.5. The molecule has 23 heavy (non-hydrogen) atoms. The summed E-state index contributed by atoms with van der Waals surface area (Å²) < 4.78 is 11.8. The van der Waals surface area contributed by atoms with Gasteiger partial charge >= 0.3 is 0 Å². The molecule has 1 unspecified atom stereocenters. The number of benzene rings is 2. The molecule has 0 bridgehead atoms. The molecular weight excluding hydrogens is 290 g/mol. The Labute approximate surface area is 136 Å². The van der Waals surface area contributed by atoms with Crippen molar-refractivity contribution in [3.63, 3.8) is 0 Å². The molecule has 0 fully saturated rings. The fraction of sp³-hybridized carbons (Fsp3) is 0.316. The smallest absolute Gasteiger partial charge is 0.170 e. The molecule has 0 aromatic heterocycles. The Morgan fingerprint density at radius 2 is 2.00 bits per heavy atom. The van der Waals surface area contributed by atoms with Gasteiger partial charge in [0.1, 0.15) is 24.2 Å². The Morgan fingerprint density at radius 3 is 2.83 bits per heavy atom. The van der Waals surface area contributed by atoms with Gasteiger partial charge in [0.05, 0.1) is 12.0 Å². The average molecular weight is 311 g/mol. The molecule has 1 heterocycles. The van der Waals surface area contributed by atoms with E-state index in [9.17, 15) is 4.79 Å². The first-order chi connectivity index (χ1) is 11.1. The summed E-state index contributed by atoms with van der Waals surface area (Å²) >= 11 is 0. The van der Waals surface area contributed by atoms with Crippen molar-refractivity contribution in [3.8, 4) is 11.5 Å². The van der Waals surface area contributed by atoms with Gasteiger partial charge in [0, 0.05) is 6.54 Å². The standard InChI is InChI=1S/C19H21NO3/c1-20(2)10-11-22-15-7-5-6-14(12-15)19-13-17(21)16-8-3-4-9-18(16)23-19/h3-9,12,19H,10-11,13H2,1-2H3. The Hall–Kier alpha value is -2.33. The number of hydrogen-bond acceptors (Lipinski definition) is 4. The normalized spacial score (nSPS) is 16.8. The Kier molecular flexibility index (Phi) is 4.63. The van der Waals surface area contributed by atoms with Gasteiger partial charge in [0.25, 0.3) is 0 Å². The van der Waals surface area contributed by atoms with Crippen molar-refractivity contribution >= 4 is 5.78 Å². The number of nitrogens with zero attached hydrogens (tertiary/aromatic N) is 1. The van der Waals surface area contributed by atoms with Crippen LogP contribution in [0.5, 0.6) is 11.5 Å². The van der Waals surface area contributed by atoms with E-state index in [4.69, 9.17) is 9.47 Å². The molecule has 0 saturated carbocycles. The summed E-state index contributed by atoms with van der Waals surface area (Å²) in [7, 11) is 4.03. The average Bonchev–Trinajstić information content (AvgIpc) is 2.55. The molecule has 0 radical (unpaired) electrons. The van der Waals surface area contributed by atoms with Crippen molar-refractivity contribution in [1.29, 1.82) is 0 Å². The van der Waals surface area contributed by atoms with E-state index in [0.717, 1.165) is 17.9 Å². The fourth-order valence-corrected chi connectivity index (χ4v) is 2.61. The van der Waals surface area contributed by atoms with Gasteiger partial charge < -0.3 is 14.4 Å². The van der Waals surface area contributed by atoms with Crippen LogP contribution in [0, 0.1) is 0 Å². The molecule has 0 N–H and O–H groups in total. The van der Waals surface area contributed by atoms with Crippen molar-refractivity contribution in [1.82, 2.24) is 4.90 Å². The van der Waals surface area contributed by atoms with E-state index in [-0.39, 0.29) is 11.9 Å². The minimum atomic E-state index is -0.255. The minimum Gasteiger partial charge on any atom is -0.492 e. The zero-order valence-electron chi connectivity index (χ0n) is 13.5. The molecule has 3 rings (SSSR count). The Bertz CT molecular complexity index is 697. The monoisotopic (exact) mass is 311 g/mol. The summed E-state index contributed by atoms with van der Waals surface area (Å²) in [6.07, 6.45) is 0.104. The van der Waals surface area contributed by atoms with Crippen LogP contribution in [0.3, 0.4) is 0 Å². The zero-order chi connectivity index (χ0) is 16.2.